The van der Waals surface area contributed by atoms with Gasteiger partial charge in [0.05, 0.1) is 0 Å². The van der Waals surface area contributed by atoms with Crippen LogP contribution in [-0.4, -0.2) is 69.7 Å². The Bertz CT molecular complexity index is 176. The average Bonchev–Trinajstić information content (AvgIpc) is 2.41. The maximum atomic E-state index is 3.56. The van der Waals surface area contributed by atoms with E-state index in [0.29, 0.717) is 0 Å². The van der Waals surface area contributed by atoms with Crippen LogP contribution in [0.3, 0.4) is 0 Å². The fraction of sp³-hybridized carbons (Fsp3) is 1.00. The number of hydrogen-bond donors (Lipinski definition) is 1. The van der Waals surface area contributed by atoms with Crippen molar-refractivity contribution in [3.8, 4) is 0 Å². The van der Waals surface area contributed by atoms with Crippen LogP contribution in [0.2, 0.25) is 0 Å². The third-order valence-electron chi connectivity index (χ3n) is 2.64. The summed E-state index contributed by atoms with van der Waals surface area (Å²) in [5.74, 6) is 4.87. The SMILES string of the molecule is C(CN1CSCSC1)NCCN1CSCSC1. The zero-order valence-electron chi connectivity index (χ0n) is 10.1. The molecule has 2 rings (SSSR count). The molecule has 2 aliphatic rings. The van der Waals surface area contributed by atoms with Gasteiger partial charge < -0.3 is 5.32 Å². The van der Waals surface area contributed by atoms with Gasteiger partial charge in [0.15, 0.2) is 0 Å². The molecule has 7 heteroatoms. The summed E-state index contributed by atoms with van der Waals surface area (Å²) in [6, 6.07) is 0. The molecule has 2 heterocycles. The lowest BCUT2D eigenvalue weighted by atomic mass is 10.5. The van der Waals surface area contributed by atoms with Crippen LogP contribution in [0.25, 0.3) is 0 Å². The Morgan fingerprint density at radius 2 is 1.12 bits per heavy atom. The normalized spacial score (nSPS) is 24.0. The minimum absolute atomic E-state index is 1.13. The van der Waals surface area contributed by atoms with Crippen LogP contribution in [0.5, 0.6) is 0 Å². The van der Waals surface area contributed by atoms with E-state index in [-0.39, 0.29) is 0 Å². The van der Waals surface area contributed by atoms with E-state index >= 15 is 0 Å². The Kier molecular flexibility index (Phi) is 7.97. The molecular weight excluding hydrogens is 290 g/mol. The van der Waals surface area contributed by atoms with Gasteiger partial charge in [-0.1, -0.05) is 0 Å². The Morgan fingerprint density at radius 1 is 0.706 bits per heavy atom. The fourth-order valence-electron chi connectivity index (χ4n) is 1.72. The van der Waals surface area contributed by atoms with Gasteiger partial charge in [0.2, 0.25) is 0 Å². The number of nitrogens with zero attached hydrogens (tertiary/aromatic N) is 2. The first kappa shape index (κ1) is 14.7. The molecule has 2 saturated heterocycles. The summed E-state index contributed by atoms with van der Waals surface area (Å²) in [6.07, 6.45) is 0. The third kappa shape index (κ3) is 6.31. The van der Waals surface area contributed by atoms with Gasteiger partial charge in [-0.25, -0.2) is 0 Å². The zero-order chi connectivity index (χ0) is 11.8. The van der Waals surface area contributed by atoms with Crippen molar-refractivity contribution < 1.29 is 0 Å². The van der Waals surface area contributed by atoms with Crippen LogP contribution in [0.1, 0.15) is 0 Å². The largest absolute Gasteiger partial charge is 0.314 e. The standard InChI is InChI=1S/C10H21N3S4/c1(3-12-5-14-9-15-6-12)11-2-4-13-7-16-10-17-8-13/h11H,1-10H2. The third-order valence-corrected chi connectivity index (χ3v) is 7.50. The van der Waals surface area contributed by atoms with E-state index < -0.39 is 0 Å². The first-order chi connectivity index (χ1) is 8.45. The van der Waals surface area contributed by atoms with Crippen LogP contribution in [-0.2, 0) is 0 Å². The minimum atomic E-state index is 1.13. The highest BCUT2D eigenvalue weighted by molar-refractivity contribution is 8.16. The summed E-state index contributed by atoms with van der Waals surface area (Å²) in [7, 11) is 0. The van der Waals surface area contributed by atoms with Gasteiger partial charge in [0.25, 0.3) is 0 Å². The maximum absolute atomic E-state index is 3.56. The molecule has 100 valence electrons. The van der Waals surface area contributed by atoms with Gasteiger partial charge in [0, 0.05) is 59.9 Å². The van der Waals surface area contributed by atoms with E-state index in [1.165, 1.54) is 46.8 Å². The van der Waals surface area contributed by atoms with E-state index in [0.717, 1.165) is 13.1 Å². The summed E-state index contributed by atoms with van der Waals surface area (Å²) in [4.78, 5) is 5.05. The molecular formula is C10H21N3S4. The minimum Gasteiger partial charge on any atom is -0.314 e. The van der Waals surface area contributed by atoms with Gasteiger partial charge in [-0.15, -0.1) is 47.0 Å². The first-order valence-electron chi connectivity index (χ1n) is 5.91. The molecule has 2 aliphatic heterocycles. The highest BCUT2D eigenvalue weighted by Crippen LogP contribution is 2.21. The van der Waals surface area contributed by atoms with Gasteiger partial charge in [-0.05, 0) is 0 Å². The number of rotatable bonds is 6. The molecule has 0 radical (unpaired) electrons. The van der Waals surface area contributed by atoms with Crippen molar-refractivity contribution in [2.24, 2.45) is 0 Å². The van der Waals surface area contributed by atoms with Crippen molar-refractivity contribution >= 4 is 47.0 Å². The predicted octanol–water partition coefficient (Wildman–Crippen LogP) is 1.88. The molecule has 0 saturated carbocycles. The maximum Gasteiger partial charge on any atom is 0.0461 e. The van der Waals surface area contributed by atoms with Crippen LogP contribution >= 0.6 is 47.0 Å². The number of thioether (sulfide) groups is 4. The molecule has 0 spiro atoms. The number of nitrogens with one attached hydrogen (secondary N) is 1. The first-order valence-corrected chi connectivity index (χ1v) is 10.5. The van der Waals surface area contributed by atoms with Crippen LogP contribution in [0.4, 0.5) is 0 Å². The molecule has 17 heavy (non-hydrogen) atoms. The Morgan fingerprint density at radius 3 is 1.53 bits per heavy atom. The molecule has 0 amide bonds. The quantitative estimate of drug-likeness (QED) is 0.745. The van der Waals surface area contributed by atoms with Gasteiger partial charge in [0.1, 0.15) is 0 Å². The van der Waals surface area contributed by atoms with Crippen molar-refractivity contribution in [2.75, 3.05) is 59.9 Å². The average molecular weight is 312 g/mol. The molecule has 0 aromatic carbocycles. The molecule has 1 N–H and O–H groups in total. The second-order valence-electron chi connectivity index (χ2n) is 4.11. The monoisotopic (exact) mass is 311 g/mol. The summed E-state index contributed by atoms with van der Waals surface area (Å²) in [6.45, 7) is 4.66. The van der Waals surface area contributed by atoms with Crippen LogP contribution in [0.15, 0.2) is 0 Å². The summed E-state index contributed by atoms with van der Waals surface area (Å²) < 4.78 is 0. The van der Waals surface area contributed by atoms with Crippen LogP contribution in [0, 0.1) is 0 Å². The van der Waals surface area contributed by atoms with Crippen molar-refractivity contribution in [2.45, 2.75) is 0 Å². The summed E-state index contributed by atoms with van der Waals surface area (Å²) in [5, 5.41) is 6.10. The van der Waals surface area contributed by atoms with Gasteiger partial charge in [-0.2, -0.15) is 0 Å². The highest BCUT2D eigenvalue weighted by Gasteiger charge is 2.11. The van der Waals surface area contributed by atoms with Crippen molar-refractivity contribution in [3.63, 3.8) is 0 Å². The van der Waals surface area contributed by atoms with Gasteiger partial charge >= 0.3 is 0 Å². The lowest BCUT2D eigenvalue weighted by molar-refractivity contribution is 0.345. The summed E-state index contributed by atoms with van der Waals surface area (Å²) in [5.41, 5.74) is 0. The Hall–Kier alpha value is 1.28. The summed E-state index contributed by atoms with van der Waals surface area (Å²) >= 11 is 8.15. The van der Waals surface area contributed by atoms with E-state index in [1.807, 2.05) is 47.0 Å². The van der Waals surface area contributed by atoms with Crippen molar-refractivity contribution in [3.05, 3.63) is 0 Å². The molecule has 0 atom stereocenters. The molecule has 0 unspecified atom stereocenters. The van der Waals surface area contributed by atoms with E-state index in [1.54, 1.807) is 0 Å². The topological polar surface area (TPSA) is 18.5 Å². The van der Waals surface area contributed by atoms with Crippen molar-refractivity contribution in [1.29, 1.82) is 0 Å². The van der Waals surface area contributed by atoms with Crippen molar-refractivity contribution in [1.82, 2.24) is 15.1 Å². The second kappa shape index (κ2) is 9.23. The number of hydrogen-bond acceptors (Lipinski definition) is 7. The molecule has 3 nitrogen and oxygen atoms in total. The molecule has 0 aromatic rings. The predicted molar refractivity (Wildman–Crippen MR) is 85.8 cm³/mol. The fourth-order valence-corrected chi connectivity index (χ4v) is 6.00. The lowest BCUT2D eigenvalue weighted by Crippen LogP contribution is -2.37. The lowest BCUT2D eigenvalue weighted by Gasteiger charge is -2.27. The highest BCUT2D eigenvalue weighted by atomic mass is 32.2. The molecule has 0 aliphatic carbocycles. The second-order valence-corrected chi connectivity index (χ2v) is 8.66. The molecule has 0 bridgehead atoms. The zero-order valence-corrected chi connectivity index (χ0v) is 13.4. The van der Waals surface area contributed by atoms with E-state index in [2.05, 4.69) is 15.1 Å². The molecule has 2 fully saturated rings. The van der Waals surface area contributed by atoms with Crippen LogP contribution < -0.4 is 5.32 Å². The van der Waals surface area contributed by atoms with E-state index in [4.69, 9.17) is 0 Å². The Balaban J connectivity index is 1.42. The van der Waals surface area contributed by atoms with E-state index in [9.17, 15) is 0 Å². The Labute approximate surface area is 122 Å². The smallest absolute Gasteiger partial charge is 0.0461 e. The molecule has 0 aromatic heterocycles. The van der Waals surface area contributed by atoms with Gasteiger partial charge in [-0.3, -0.25) is 9.80 Å².